The number of nitrogens with zero attached hydrogens (tertiary/aromatic N) is 3. The number of guanidine groups is 1. The Hall–Kier alpha value is -1.75. The fourth-order valence-electron chi connectivity index (χ4n) is 3.23. The molecular formula is C20H30IN5O2S. The summed E-state index contributed by atoms with van der Waals surface area (Å²) in [6.45, 7) is 7.46. The summed E-state index contributed by atoms with van der Waals surface area (Å²) >= 11 is 1.65. The first-order valence-corrected chi connectivity index (χ1v) is 10.4. The van der Waals surface area contributed by atoms with Gasteiger partial charge in [-0.15, -0.1) is 35.3 Å². The number of aliphatic imine (C=N–C) groups is 1. The van der Waals surface area contributed by atoms with Crippen LogP contribution in [-0.2, 0) is 6.54 Å². The van der Waals surface area contributed by atoms with Gasteiger partial charge in [0.1, 0.15) is 11.5 Å². The van der Waals surface area contributed by atoms with Gasteiger partial charge < -0.3 is 25.0 Å². The Balaban J connectivity index is 0.00000300. The van der Waals surface area contributed by atoms with E-state index in [4.69, 9.17) is 14.5 Å². The van der Waals surface area contributed by atoms with E-state index in [1.54, 1.807) is 25.6 Å². The molecule has 160 valence electrons. The van der Waals surface area contributed by atoms with Gasteiger partial charge in [-0.2, -0.15) is 0 Å². The van der Waals surface area contributed by atoms with Gasteiger partial charge in [-0.1, -0.05) is 0 Å². The van der Waals surface area contributed by atoms with Crippen LogP contribution in [0.2, 0.25) is 0 Å². The zero-order valence-corrected chi connectivity index (χ0v) is 20.5. The van der Waals surface area contributed by atoms with Crippen LogP contribution in [0.15, 0.2) is 28.7 Å². The molecule has 0 amide bonds. The fourth-order valence-corrected chi connectivity index (χ4v) is 3.93. The highest BCUT2D eigenvalue weighted by Crippen LogP contribution is 2.30. The Bertz CT molecular complexity index is 792. The first-order valence-electron chi connectivity index (χ1n) is 9.54. The van der Waals surface area contributed by atoms with Gasteiger partial charge in [-0.25, -0.2) is 9.98 Å². The third kappa shape index (κ3) is 6.36. The Morgan fingerprint density at radius 3 is 2.59 bits per heavy atom. The average Bonchev–Trinajstić information content (AvgIpc) is 3.34. The number of ether oxygens (including phenoxy) is 2. The maximum atomic E-state index is 5.40. The summed E-state index contributed by atoms with van der Waals surface area (Å²) in [6.07, 6.45) is 1.05. The Kier molecular flexibility index (Phi) is 9.28. The van der Waals surface area contributed by atoms with Crippen molar-refractivity contribution in [3.63, 3.8) is 0 Å². The Morgan fingerprint density at radius 1 is 1.28 bits per heavy atom. The second-order valence-electron chi connectivity index (χ2n) is 6.70. The standard InChI is InChI=1S/C20H29N5O2S.HI/c1-5-21-20(22-11-19-14(2)23-13-28-19)24-15-6-7-25(12-15)16-8-17(26-3)10-18(9-16)27-4;/h8-10,13,15H,5-7,11-12H2,1-4H3,(H2,21,22,24);1H. The van der Waals surface area contributed by atoms with Crippen molar-refractivity contribution in [2.45, 2.75) is 32.9 Å². The molecule has 0 bridgehead atoms. The molecule has 1 aromatic heterocycles. The van der Waals surface area contributed by atoms with Crippen molar-refractivity contribution in [3.8, 4) is 11.5 Å². The maximum absolute atomic E-state index is 5.40. The largest absolute Gasteiger partial charge is 0.497 e. The second kappa shape index (κ2) is 11.4. The van der Waals surface area contributed by atoms with Crippen LogP contribution >= 0.6 is 35.3 Å². The SMILES string of the molecule is CCNC(=NCc1scnc1C)NC1CCN(c2cc(OC)cc(OC)c2)C1.I. The fraction of sp³-hybridized carbons (Fsp3) is 0.500. The van der Waals surface area contributed by atoms with Crippen molar-refractivity contribution in [2.24, 2.45) is 4.99 Å². The van der Waals surface area contributed by atoms with E-state index in [1.165, 1.54) is 4.88 Å². The van der Waals surface area contributed by atoms with E-state index in [0.717, 1.165) is 54.9 Å². The topological polar surface area (TPSA) is 71.0 Å². The smallest absolute Gasteiger partial charge is 0.191 e. The van der Waals surface area contributed by atoms with Crippen LogP contribution < -0.4 is 25.0 Å². The molecule has 1 aliphatic heterocycles. The van der Waals surface area contributed by atoms with E-state index in [-0.39, 0.29) is 24.0 Å². The van der Waals surface area contributed by atoms with E-state index >= 15 is 0 Å². The number of anilines is 1. The highest BCUT2D eigenvalue weighted by atomic mass is 127. The molecule has 0 saturated carbocycles. The molecule has 29 heavy (non-hydrogen) atoms. The van der Waals surface area contributed by atoms with Crippen LogP contribution in [0.1, 0.15) is 23.9 Å². The monoisotopic (exact) mass is 531 g/mol. The second-order valence-corrected chi connectivity index (χ2v) is 7.64. The number of aryl methyl sites for hydroxylation is 1. The van der Waals surface area contributed by atoms with Crippen LogP contribution in [0.3, 0.4) is 0 Å². The zero-order valence-electron chi connectivity index (χ0n) is 17.4. The van der Waals surface area contributed by atoms with Crippen molar-refractivity contribution in [3.05, 3.63) is 34.3 Å². The molecular weight excluding hydrogens is 501 g/mol. The van der Waals surface area contributed by atoms with Gasteiger partial charge in [0.05, 0.1) is 32.0 Å². The van der Waals surface area contributed by atoms with Gasteiger partial charge in [0, 0.05) is 54.4 Å². The number of halogens is 1. The summed E-state index contributed by atoms with van der Waals surface area (Å²) in [5.74, 6) is 2.46. The molecule has 7 nitrogen and oxygen atoms in total. The lowest BCUT2D eigenvalue weighted by molar-refractivity contribution is 0.394. The predicted molar refractivity (Wildman–Crippen MR) is 130 cm³/mol. The Labute approximate surface area is 193 Å². The lowest BCUT2D eigenvalue weighted by atomic mass is 10.2. The highest BCUT2D eigenvalue weighted by Gasteiger charge is 2.24. The van der Waals surface area contributed by atoms with Crippen LogP contribution in [0.5, 0.6) is 11.5 Å². The number of benzene rings is 1. The third-order valence-corrected chi connectivity index (χ3v) is 5.72. The molecule has 1 atom stereocenters. The highest BCUT2D eigenvalue weighted by molar-refractivity contribution is 14.0. The summed E-state index contributed by atoms with van der Waals surface area (Å²) in [7, 11) is 3.35. The number of thiazole rings is 1. The lowest BCUT2D eigenvalue weighted by Crippen LogP contribution is -2.44. The van der Waals surface area contributed by atoms with Crippen molar-refractivity contribution in [1.29, 1.82) is 0 Å². The summed E-state index contributed by atoms with van der Waals surface area (Å²) < 4.78 is 10.8. The number of rotatable bonds is 7. The van der Waals surface area contributed by atoms with Crippen molar-refractivity contribution in [2.75, 3.05) is 38.8 Å². The van der Waals surface area contributed by atoms with Gasteiger partial charge in [0.15, 0.2) is 5.96 Å². The molecule has 1 aliphatic rings. The first kappa shape index (κ1) is 23.5. The van der Waals surface area contributed by atoms with Crippen molar-refractivity contribution < 1.29 is 9.47 Å². The number of hydrogen-bond donors (Lipinski definition) is 2. The van der Waals surface area contributed by atoms with Crippen LogP contribution in [0.25, 0.3) is 0 Å². The molecule has 2 heterocycles. The first-order chi connectivity index (χ1) is 13.6. The average molecular weight is 531 g/mol. The molecule has 0 aliphatic carbocycles. The van der Waals surface area contributed by atoms with E-state index in [0.29, 0.717) is 12.6 Å². The number of nitrogens with one attached hydrogen (secondary N) is 2. The van der Waals surface area contributed by atoms with E-state index in [9.17, 15) is 0 Å². The molecule has 1 unspecified atom stereocenters. The van der Waals surface area contributed by atoms with Gasteiger partial charge in [-0.05, 0) is 20.3 Å². The van der Waals surface area contributed by atoms with E-state index in [1.807, 2.05) is 18.5 Å². The normalized spacial score (nSPS) is 16.3. The quantitative estimate of drug-likeness (QED) is 0.324. The van der Waals surface area contributed by atoms with Gasteiger partial charge in [0.2, 0.25) is 0 Å². The minimum atomic E-state index is 0. The number of methoxy groups -OCH3 is 2. The molecule has 1 fully saturated rings. The van der Waals surface area contributed by atoms with Crippen LogP contribution in [0, 0.1) is 6.92 Å². The molecule has 3 rings (SSSR count). The molecule has 2 N–H and O–H groups in total. The van der Waals surface area contributed by atoms with Crippen LogP contribution in [0.4, 0.5) is 5.69 Å². The van der Waals surface area contributed by atoms with Gasteiger partial charge in [-0.3, -0.25) is 0 Å². The zero-order chi connectivity index (χ0) is 19.9. The summed E-state index contributed by atoms with van der Waals surface area (Å²) in [5.41, 5.74) is 4.05. The summed E-state index contributed by atoms with van der Waals surface area (Å²) in [5, 5.41) is 6.92. The Morgan fingerprint density at radius 2 is 2.00 bits per heavy atom. The van der Waals surface area contributed by atoms with E-state index < -0.39 is 0 Å². The minimum absolute atomic E-state index is 0. The molecule has 9 heteroatoms. The van der Waals surface area contributed by atoms with Gasteiger partial charge in [0.25, 0.3) is 0 Å². The van der Waals surface area contributed by atoms with E-state index in [2.05, 4.69) is 39.6 Å². The summed E-state index contributed by atoms with van der Waals surface area (Å²) in [4.78, 5) is 12.6. The number of aromatic nitrogens is 1. The van der Waals surface area contributed by atoms with Crippen molar-refractivity contribution >= 4 is 47.0 Å². The minimum Gasteiger partial charge on any atom is -0.497 e. The maximum Gasteiger partial charge on any atom is 0.191 e. The lowest BCUT2D eigenvalue weighted by Gasteiger charge is -2.21. The third-order valence-electron chi connectivity index (χ3n) is 4.80. The van der Waals surface area contributed by atoms with Gasteiger partial charge >= 0.3 is 0 Å². The number of hydrogen-bond acceptors (Lipinski definition) is 6. The molecule has 1 aromatic carbocycles. The molecule has 1 saturated heterocycles. The molecule has 0 radical (unpaired) electrons. The summed E-state index contributed by atoms with van der Waals surface area (Å²) in [6, 6.07) is 6.33. The molecule has 0 spiro atoms. The predicted octanol–water partition coefficient (Wildman–Crippen LogP) is 3.42. The van der Waals surface area contributed by atoms with Crippen molar-refractivity contribution in [1.82, 2.24) is 15.6 Å². The van der Waals surface area contributed by atoms with Crippen LogP contribution in [-0.4, -0.2) is 50.8 Å². The molecule has 2 aromatic rings.